The van der Waals surface area contributed by atoms with Crippen LogP contribution >= 0.6 is 8.60 Å². The number of amides is 8. The molecule has 1 unspecified atom stereocenters. The molecule has 3 aromatic rings. The number of aryl methyl sites for hydroxylation is 1. The number of carbonyl (C=O) groups excluding carboxylic acids is 8. The predicted molar refractivity (Wildman–Crippen MR) is 235 cm³/mol. The van der Waals surface area contributed by atoms with Gasteiger partial charge in [-0.15, -0.1) is 0 Å². The number of imide groups is 1. The second kappa shape index (κ2) is 20.9. The largest absolute Gasteiger partial charge is 0.389 e. The Morgan fingerprint density at radius 2 is 1.81 bits per heavy atom. The molecule has 5 heterocycles. The van der Waals surface area contributed by atoms with E-state index in [1.54, 1.807) is 19.2 Å². The first-order valence-corrected chi connectivity index (χ1v) is 23.4. The molecule has 67 heavy (non-hydrogen) atoms. The summed E-state index contributed by atoms with van der Waals surface area (Å²) in [5, 5.41) is 10.8. The molecule has 360 valence electrons. The molecule has 7 rings (SSSR count). The molecule has 2 aromatic carbocycles. The molecule has 9 N–H and O–H groups in total. The summed E-state index contributed by atoms with van der Waals surface area (Å²) in [7, 11) is -1.57. The van der Waals surface area contributed by atoms with E-state index in [1.807, 2.05) is 11.0 Å². The Bertz CT molecular complexity index is 2440. The standard InChI is InChI=1S/C44H54F2N9O11P/c1-53-19-17-27-10-13-35(55(27)43(63)33(23-53)51-39(59)32-21-25-20-26(9-11-30(25)49-32)44(45,46)66-67(64)65)41(61)50-31(12-15-36(47)56)38(58)48-18-4-2-3-6-24-7-5-8-28-29(24)22-54(42(28)62)34-14-16-37(57)52-40(34)60/h5,7-9,11,20-21,27,31,33-35,49,64-65H,2-4,6,10,12-19,22-23H2,1H3,(H2,47,56)(H,48,58)(H,50,61)(H,51,59)(H,52,57,60)/t27-,31+,33+,34?,35+/m1/s1. The zero-order chi connectivity index (χ0) is 48.2. The van der Waals surface area contributed by atoms with Gasteiger partial charge in [-0.05, 0) is 106 Å². The fourth-order valence-corrected chi connectivity index (χ4v) is 9.69. The maximum Gasteiger partial charge on any atom is 0.389 e. The molecule has 5 atom stereocenters. The van der Waals surface area contributed by atoms with E-state index in [0.717, 1.165) is 29.7 Å². The first-order valence-electron chi connectivity index (χ1n) is 22.2. The minimum atomic E-state index is -4.02. The van der Waals surface area contributed by atoms with Gasteiger partial charge in [0.2, 0.25) is 35.4 Å². The number of primary amides is 1. The van der Waals surface area contributed by atoms with E-state index < -0.39 is 79.9 Å². The molecule has 0 aliphatic carbocycles. The maximum absolute atomic E-state index is 14.4. The highest BCUT2D eigenvalue weighted by molar-refractivity contribution is 7.39. The lowest BCUT2D eigenvalue weighted by Gasteiger charge is -2.37. The van der Waals surface area contributed by atoms with Crippen LogP contribution in [0, 0.1) is 0 Å². The fraction of sp³-hybridized carbons (Fsp3) is 0.500. The van der Waals surface area contributed by atoms with Crippen LogP contribution in [-0.2, 0) is 52.4 Å². The van der Waals surface area contributed by atoms with Gasteiger partial charge in [0.15, 0.2) is 0 Å². The zero-order valence-corrected chi connectivity index (χ0v) is 37.6. The number of nitrogens with one attached hydrogen (secondary N) is 5. The van der Waals surface area contributed by atoms with Crippen LogP contribution < -0.4 is 27.0 Å². The number of halogens is 2. The van der Waals surface area contributed by atoms with Crippen LogP contribution in [0.15, 0.2) is 42.5 Å². The lowest BCUT2D eigenvalue weighted by Crippen LogP contribution is -2.61. The molecule has 20 nitrogen and oxygen atoms in total. The molecule has 23 heteroatoms. The minimum absolute atomic E-state index is 0.0480. The number of alkyl halides is 2. The van der Waals surface area contributed by atoms with Crippen molar-refractivity contribution in [2.45, 2.75) is 113 Å². The third-order valence-corrected chi connectivity index (χ3v) is 13.2. The normalized spacial score (nSPS) is 21.7. The third kappa shape index (κ3) is 11.4. The number of carbonyl (C=O) groups is 8. The topological polar surface area (TPSA) is 286 Å². The van der Waals surface area contributed by atoms with Crippen molar-refractivity contribution in [3.63, 3.8) is 0 Å². The lowest BCUT2D eigenvalue weighted by atomic mass is 9.98. The molecular weight excluding hydrogens is 900 g/mol. The number of aromatic nitrogens is 1. The molecule has 4 aliphatic rings. The number of nitrogens with zero attached hydrogens (tertiary/aromatic N) is 3. The number of hydrogen-bond acceptors (Lipinski definition) is 12. The van der Waals surface area contributed by atoms with Crippen LogP contribution in [0.25, 0.3) is 10.9 Å². The average Bonchev–Trinajstić information content (AvgIpc) is 3.99. The molecule has 0 radical (unpaired) electrons. The highest BCUT2D eigenvalue weighted by Crippen LogP contribution is 2.42. The number of rotatable bonds is 18. The van der Waals surface area contributed by atoms with Gasteiger partial charge in [-0.3, -0.25) is 43.7 Å². The Hall–Kier alpha value is -5.93. The van der Waals surface area contributed by atoms with Crippen molar-refractivity contribution in [3.05, 3.63) is 70.4 Å². The van der Waals surface area contributed by atoms with Crippen LogP contribution in [0.4, 0.5) is 8.78 Å². The number of aromatic amines is 1. The first-order chi connectivity index (χ1) is 31.9. The molecular formula is C44H54F2N9O11P. The Morgan fingerprint density at radius 1 is 1.01 bits per heavy atom. The molecule has 1 aromatic heterocycles. The summed E-state index contributed by atoms with van der Waals surface area (Å²) in [6.07, 6.45) is 0.0674. The van der Waals surface area contributed by atoms with Crippen molar-refractivity contribution >= 4 is 66.8 Å². The summed E-state index contributed by atoms with van der Waals surface area (Å²) >= 11 is 0. The molecule has 0 saturated carbocycles. The van der Waals surface area contributed by atoms with Crippen LogP contribution in [0.3, 0.4) is 0 Å². The van der Waals surface area contributed by atoms with Crippen LogP contribution in [0.1, 0.15) is 102 Å². The second-order valence-electron chi connectivity index (χ2n) is 17.4. The number of hydrogen-bond donors (Lipinski definition) is 8. The SMILES string of the molecule is CN1CC[C@H]2CC[C@@H](C(=O)N[C@@H](CCC(N)=O)C(=O)NCCCCCc3cccc4c3CN(C3CCC(=O)NC3=O)C4=O)N2C(=O)[C@@H](NC(=O)c2cc3cc(C(F)(F)OP(O)O)ccc3[nH]2)C1. The van der Waals surface area contributed by atoms with E-state index in [1.165, 1.54) is 21.9 Å². The average molecular weight is 954 g/mol. The molecule has 3 fully saturated rings. The minimum Gasteiger partial charge on any atom is -0.370 e. The van der Waals surface area contributed by atoms with Crippen molar-refractivity contribution in [2.75, 3.05) is 26.7 Å². The highest BCUT2D eigenvalue weighted by atomic mass is 31.2. The summed E-state index contributed by atoms with van der Waals surface area (Å²) in [5.74, 6) is -4.13. The van der Waals surface area contributed by atoms with Crippen LogP contribution in [0.2, 0.25) is 0 Å². The number of unbranched alkanes of at least 4 members (excludes halogenated alkanes) is 2. The molecule has 4 aliphatic heterocycles. The predicted octanol–water partition coefficient (Wildman–Crippen LogP) is 1.28. The van der Waals surface area contributed by atoms with Gasteiger partial charge in [0, 0.05) is 55.0 Å². The van der Waals surface area contributed by atoms with Gasteiger partial charge in [0.25, 0.3) is 11.8 Å². The van der Waals surface area contributed by atoms with Crippen LogP contribution in [-0.4, -0.2) is 134 Å². The number of likely N-dealkylation sites (N-methyl/N-ethyl adjacent to an activating group) is 1. The highest BCUT2D eigenvalue weighted by Gasteiger charge is 2.46. The first kappa shape index (κ1) is 49.0. The van der Waals surface area contributed by atoms with Gasteiger partial charge in [-0.2, -0.15) is 8.78 Å². The lowest BCUT2D eigenvalue weighted by molar-refractivity contribution is -0.189. The number of H-pyrrole nitrogens is 1. The third-order valence-electron chi connectivity index (χ3n) is 12.8. The Kier molecular flexibility index (Phi) is 15.3. The van der Waals surface area contributed by atoms with E-state index in [0.29, 0.717) is 49.7 Å². The van der Waals surface area contributed by atoms with E-state index >= 15 is 0 Å². The molecule has 0 bridgehead atoms. The molecule has 8 amide bonds. The summed E-state index contributed by atoms with van der Waals surface area (Å²) in [6, 6.07) is 5.73. The van der Waals surface area contributed by atoms with E-state index in [4.69, 9.17) is 15.5 Å². The Balaban J connectivity index is 0.936. The number of nitrogens with two attached hydrogens (primary N) is 1. The second-order valence-corrected chi connectivity index (χ2v) is 18.1. The van der Waals surface area contributed by atoms with E-state index in [9.17, 15) is 47.1 Å². The van der Waals surface area contributed by atoms with Crippen molar-refractivity contribution in [2.24, 2.45) is 5.73 Å². The van der Waals surface area contributed by atoms with E-state index in [2.05, 4.69) is 30.8 Å². The summed E-state index contributed by atoms with van der Waals surface area (Å²) in [5.41, 5.74) is 7.37. The quantitative estimate of drug-likeness (QED) is 0.0509. The number of benzene rings is 2. The zero-order valence-electron chi connectivity index (χ0n) is 36.7. The van der Waals surface area contributed by atoms with Gasteiger partial charge in [0.1, 0.15) is 29.9 Å². The summed E-state index contributed by atoms with van der Waals surface area (Å²) in [6.45, 7) is 1.15. The Morgan fingerprint density at radius 3 is 2.55 bits per heavy atom. The van der Waals surface area contributed by atoms with Crippen molar-refractivity contribution in [1.29, 1.82) is 0 Å². The van der Waals surface area contributed by atoms with Crippen LogP contribution in [0.5, 0.6) is 0 Å². The smallest absolute Gasteiger partial charge is 0.370 e. The van der Waals surface area contributed by atoms with Crippen molar-refractivity contribution in [3.8, 4) is 0 Å². The number of fused-ring (bicyclic) bond motifs is 3. The monoisotopic (exact) mass is 953 g/mol. The summed E-state index contributed by atoms with van der Waals surface area (Å²) in [4.78, 5) is 130. The van der Waals surface area contributed by atoms with Crippen molar-refractivity contribution in [1.82, 2.24) is 41.0 Å². The fourth-order valence-electron chi connectivity index (χ4n) is 9.38. The molecule has 0 spiro atoms. The van der Waals surface area contributed by atoms with Gasteiger partial charge in [-0.25, -0.2) is 4.52 Å². The van der Waals surface area contributed by atoms with E-state index in [-0.39, 0.29) is 80.7 Å². The molecule has 3 saturated heterocycles. The summed E-state index contributed by atoms with van der Waals surface area (Å²) < 4.78 is 32.8. The van der Waals surface area contributed by atoms with Gasteiger partial charge in [0.05, 0.1) is 5.56 Å². The van der Waals surface area contributed by atoms with Gasteiger partial charge in [-0.1, -0.05) is 18.6 Å². The van der Waals surface area contributed by atoms with Gasteiger partial charge >= 0.3 is 14.7 Å². The maximum atomic E-state index is 14.4. The van der Waals surface area contributed by atoms with Crippen molar-refractivity contribution < 1.29 is 61.4 Å². The van der Waals surface area contributed by atoms with Gasteiger partial charge < -0.3 is 51.2 Å². The number of piperidine rings is 1. The Labute approximate surface area is 384 Å².